The zero-order chi connectivity index (χ0) is 25.6. The number of rotatable bonds is 4. The molecular formula is C32H35N5. The third kappa shape index (κ3) is 4.49. The Morgan fingerprint density at radius 1 is 0.838 bits per heavy atom. The van der Waals surface area contributed by atoms with E-state index in [1.807, 2.05) is 16.8 Å². The molecule has 5 nitrogen and oxygen atoms in total. The molecule has 0 N–H and O–H groups in total. The van der Waals surface area contributed by atoms with E-state index in [0.717, 1.165) is 61.0 Å². The molecule has 0 unspecified atom stereocenters. The molecule has 6 rings (SSSR count). The molecule has 3 aromatic carbocycles. The van der Waals surface area contributed by atoms with Crippen molar-refractivity contribution in [1.29, 1.82) is 0 Å². The zero-order valence-electron chi connectivity index (χ0n) is 22.3. The van der Waals surface area contributed by atoms with Gasteiger partial charge in [0.15, 0.2) is 5.65 Å². The highest BCUT2D eigenvalue weighted by Gasteiger charge is 2.25. The van der Waals surface area contributed by atoms with E-state index in [-0.39, 0.29) is 5.41 Å². The number of hydrogen-bond donors (Lipinski definition) is 0. The van der Waals surface area contributed by atoms with Gasteiger partial charge in [-0.1, -0.05) is 87.5 Å². The van der Waals surface area contributed by atoms with Gasteiger partial charge >= 0.3 is 0 Å². The van der Waals surface area contributed by atoms with Gasteiger partial charge in [0.05, 0.1) is 11.9 Å². The number of aromatic nitrogens is 3. The van der Waals surface area contributed by atoms with Crippen LogP contribution in [0, 0.1) is 6.92 Å². The Kier molecular flexibility index (Phi) is 5.96. The van der Waals surface area contributed by atoms with Gasteiger partial charge in [0.1, 0.15) is 5.82 Å². The monoisotopic (exact) mass is 489 g/mol. The molecule has 0 atom stereocenters. The minimum atomic E-state index is -0.0531. The highest BCUT2D eigenvalue weighted by atomic mass is 15.4. The lowest BCUT2D eigenvalue weighted by molar-refractivity contribution is 0.249. The summed E-state index contributed by atoms with van der Waals surface area (Å²) in [6.45, 7) is 13.9. The zero-order valence-corrected chi connectivity index (χ0v) is 22.3. The summed E-state index contributed by atoms with van der Waals surface area (Å²) in [6, 6.07) is 26.0. The average Bonchev–Trinajstić information content (AvgIpc) is 3.34. The van der Waals surface area contributed by atoms with E-state index < -0.39 is 0 Å². The Balaban J connectivity index is 1.30. The predicted octanol–water partition coefficient (Wildman–Crippen LogP) is 6.48. The van der Waals surface area contributed by atoms with Crippen molar-refractivity contribution >= 4 is 22.2 Å². The minimum absolute atomic E-state index is 0.0531. The van der Waals surface area contributed by atoms with Crippen molar-refractivity contribution < 1.29 is 0 Å². The summed E-state index contributed by atoms with van der Waals surface area (Å²) in [5.74, 6) is 1.14. The maximum absolute atomic E-state index is 5.11. The van der Waals surface area contributed by atoms with Crippen LogP contribution in [0.15, 0.2) is 79.0 Å². The Labute approximate surface area is 219 Å². The van der Waals surface area contributed by atoms with E-state index in [1.54, 1.807) is 0 Å². The maximum Gasteiger partial charge on any atom is 0.165 e. The Morgan fingerprint density at radius 3 is 2.32 bits per heavy atom. The van der Waals surface area contributed by atoms with Crippen molar-refractivity contribution in [3.8, 4) is 11.1 Å². The van der Waals surface area contributed by atoms with Gasteiger partial charge < -0.3 is 4.90 Å². The third-order valence-electron chi connectivity index (χ3n) is 7.66. The van der Waals surface area contributed by atoms with Crippen LogP contribution in [-0.2, 0) is 12.0 Å². The Morgan fingerprint density at radius 2 is 1.57 bits per heavy atom. The van der Waals surface area contributed by atoms with Crippen molar-refractivity contribution in [2.45, 2.75) is 39.7 Å². The minimum Gasteiger partial charge on any atom is -0.354 e. The summed E-state index contributed by atoms with van der Waals surface area (Å²) >= 11 is 0. The van der Waals surface area contributed by atoms with Crippen molar-refractivity contribution in [2.24, 2.45) is 0 Å². The first-order valence-electron chi connectivity index (χ1n) is 13.3. The van der Waals surface area contributed by atoms with Crippen LogP contribution in [0.1, 0.15) is 37.6 Å². The van der Waals surface area contributed by atoms with Crippen LogP contribution in [0.2, 0.25) is 0 Å². The molecule has 0 saturated carbocycles. The largest absolute Gasteiger partial charge is 0.354 e. The Bertz CT molecular complexity index is 1550. The second kappa shape index (κ2) is 9.31. The van der Waals surface area contributed by atoms with E-state index in [1.165, 1.54) is 21.9 Å². The smallest absolute Gasteiger partial charge is 0.165 e. The molecule has 0 radical (unpaired) electrons. The van der Waals surface area contributed by atoms with Crippen LogP contribution < -0.4 is 4.90 Å². The van der Waals surface area contributed by atoms with Crippen LogP contribution in [0.4, 0.5) is 5.82 Å². The van der Waals surface area contributed by atoms with Crippen LogP contribution >= 0.6 is 0 Å². The first kappa shape index (κ1) is 23.7. The van der Waals surface area contributed by atoms with E-state index in [9.17, 15) is 0 Å². The fourth-order valence-electron chi connectivity index (χ4n) is 5.39. The number of benzene rings is 3. The van der Waals surface area contributed by atoms with Gasteiger partial charge in [-0.2, -0.15) is 9.61 Å². The molecule has 2 aromatic heterocycles. The van der Waals surface area contributed by atoms with Crippen molar-refractivity contribution in [1.82, 2.24) is 19.5 Å². The number of aryl methyl sites for hydroxylation is 1. The standard InChI is InChI=1S/C32H35N5/c1-23-14-15-25-12-8-9-13-26(25)28(23)22-35-16-18-36(19-17-35)30-20-29(32(2,3)4)34-31-27(21-33-37(30)31)24-10-6-5-7-11-24/h5-15,20-21H,16-19,22H2,1-4H3. The Hall–Kier alpha value is -3.70. The molecule has 0 spiro atoms. The van der Waals surface area contributed by atoms with Crippen LogP contribution in [0.5, 0.6) is 0 Å². The van der Waals surface area contributed by atoms with Crippen molar-refractivity contribution in [3.05, 3.63) is 95.8 Å². The number of hydrogen-bond acceptors (Lipinski definition) is 4. The fraction of sp³-hybridized carbons (Fsp3) is 0.312. The highest BCUT2D eigenvalue weighted by molar-refractivity contribution is 5.86. The average molecular weight is 490 g/mol. The van der Waals surface area contributed by atoms with Crippen LogP contribution in [-0.4, -0.2) is 45.7 Å². The molecule has 1 fully saturated rings. The second-order valence-corrected chi connectivity index (χ2v) is 11.3. The molecule has 1 aliphatic rings. The van der Waals surface area contributed by atoms with Crippen LogP contribution in [0.3, 0.4) is 0 Å². The third-order valence-corrected chi connectivity index (χ3v) is 7.66. The molecule has 1 saturated heterocycles. The van der Waals surface area contributed by atoms with Gasteiger partial charge in [-0.15, -0.1) is 0 Å². The van der Waals surface area contributed by atoms with E-state index in [4.69, 9.17) is 10.1 Å². The molecule has 3 heterocycles. The van der Waals surface area contributed by atoms with Crippen LogP contribution in [0.25, 0.3) is 27.5 Å². The van der Waals surface area contributed by atoms with E-state index >= 15 is 0 Å². The summed E-state index contributed by atoms with van der Waals surface area (Å²) in [7, 11) is 0. The lowest BCUT2D eigenvalue weighted by Crippen LogP contribution is -2.46. The molecule has 188 valence electrons. The molecular weight excluding hydrogens is 454 g/mol. The number of fused-ring (bicyclic) bond motifs is 2. The second-order valence-electron chi connectivity index (χ2n) is 11.3. The molecule has 37 heavy (non-hydrogen) atoms. The van der Waals surface area contributed by atoms with Gasteiger partial charge in [-0.05, 0) is 34.4 Å². The number of anilines is 1. The summed E-state index contributed by atoms with van der Waals surface area (Å²) < 4.78 is 2.04. The normalized spacial score (nSPS) is 15.1. The van der Waals surface area contributed by atoms with Gasteiger partial charge in [-0.3, -0.25) is 4.90 Å². The summed E-state index contributed by atoms with van der Waals surface area (Å²) in [6.07, 6.45) is 1.97. The lowest BCUT2D eigenvalue weighted by Gasteiger charge is -2.37. The molecule has 1 aliphatic heterocycles. The number of nitrogens with zero attached hydrogens (tertiary/aromatic N) is 5. The summed E-state index contributed by atoms with van der Waals surface area (Å²) in [5.41, 5.74) is 7.03. The van der Waals surface area contributed by atoms with Gasteiger partial charge in [-0.25, -0.2) is 4.98 Å². The first-order chi connectivity index (χ1) is 17.9. The quantitative estimate of drug-likeness (QED) is 0.290. The topological polar surface area (TPSA) is 36.7 Å². The SMILES string of the molecule is Cc1ccc2ccccc2c1CN1CCN(c2cc(C(C)(C)C)nc3c(-c4ccccc4)cnn23)CC1. The van der Waals surface area contributed by atoms with E-state index in [2.05, 4.69) is 104 Å². The van der Waals surface area contributed by atoms with Gasteiger partial charge in [0, 0.05) is 49.8 Å². The lowest BCUT2D eigenvalue weighted by atomic mass is 9.91. The molecule has 0 aliphatic carbocycles. The number of piperazine rings is 1. The predicted molar refractivity (Wildman–Crippen MR) is 153 cm³/mol. The maximum atomic E-state index is 5.11. The van der Waals surface area contributed by atoms with Crippen molar-refractivity contribution in [3.63, 3.8) is 0 Å². The fourth-order valence-corrected chi connectivity index (χ4v) is 5.39. The molecule has 5 heteroatoms. The summed E-state index contributed by atoms with van der Waals surface area (Å²) in [5, 5.41) is 7.52. The van der Waals surface area contributed by atoms with Gasteiger partial charge in [0.25, 0.3) is 0 Å². The first-order valence-corrected chi connectivity index (χ1v) is 13.3. The van der Waals surface area contributed by atoms with Gasteiger partial charge in [0.2, 0.25) is 0 Å². The molecule has 0 bridgehead atoms. The molecule has 0 amide bonds. The summed E-state index contributed by atoms with van der Waals surface area (Å²) in [4.78, 5) is 10.2. The van der Waals surface area contributed by atoms with Crippen molar-refractivity contribution in [2.75, 3.05) is 31.1 Å². The van der Waals surface area contributed by atoms with E-state index in [0.29, 0.717) is 0 Å². The molecule has 5 aromatic rings. The highest BCUT2D eigenvalue weighted by Crippen LogP contribution is 2.32.